The maximum atomic E-state index is 12.5. The number of hydrogen-bond donors (Lipinski definition) is 3. The van der Waals surface area contributed by atoms with E-state index in [1.54, 1.807) is 0 Å². The van der Waals surface area contributed by atoms with Crippen LogP contribution in [-0.2, 0) is 14.3 Å². The Kier molecular flexibility index (Phi) is 56.5. The predicted octanol–water partition coefficient (Wildman–Crippen LogP) is 19.0. The van der Waals surface area contributed by atoms with Crippen LogP contribution in [0.15, 0.2) is 24.3 Å². The van der Waals surface area contributed by atoms with E-state index in [1.807, 2.05) is 0 Å². The fourth-order valence-electron chi connectivity index (χ4n) is 9.55. The van der Waals surface area contributed by atoms with Gasteiger partial charge in [0, 0.05) is 12.8 Å². The minimum atomic E-state index is -0.670. The van der Waals surface area contributed by atoms with Crippen LogP contribution >= 0.6 is 0 Å². The first kappa shape index (κ1) is 66.3. The zero-order valence-electron chi connectivity index (χ0n) is 45.9. The molecular weight excluding hydrogens is 839 g/mol. The van der Waals surface area contributed by atoms with Gasteiger partial charge in [-0.3, -0.25) is 9.59 Å². The average Bonchev–Trinajstić information content (AvgIpc) is 3.34. The first-order chi connectivity index (χ1) is 33.5. The van der Waals surface area contributed by atoms with Gasteiger partial charge < -0.3 is 20.3 Å². The topological polar surface area (TPSA) is 95.9 Å². The standard InChI is InChI=1S/C62H119NO5/c1-3-5-7-9-11-13-15-17-30-34-38-42-46-50-54-60(65)59(58-64)63-61(66)55-51-47-43-39-35-31-28-26-24-22-20-19-21-23-25-27-29-33-37-41-45-49-53-57-68-62(67)56-52-48-44-40-36-32-18-16-14-12-10-8-6-4-2/h19,21-22,24,59-60,64-65H,3-18,20,23,25-58H2,1-2H3,(H,63,66)/b21-19-,24-22-. The molecule has 2 atom stereocenters. The molecule has 0 saturated carbocycles. The van der Waals surface area contributed by atoms with Gasteiger partial charge in [0.15, 0.2) is 0 Å². The summed E-state index contributed by atoms with van der Waals surface area (Å²) in [6.07, 6.45) is 70.4. The second-order valence-electron chi connectivity index (χ2n) is 21.0. The van der Waals surface area contributed by atoms with Gasteiger partial charge in [-0.15, -0.1) is 0 Å². The third-order valence-corrected chi connectivity index (χ3v) is 14.3. The van der Waals surface area contributed by atoms with E-state index in [0.29, 0.717) is 25.9 Å². The van der Waals surface area contributed by atoms with Crippen molar-refractivity contribution < 1.29 is 24.5 Å². The lowest BCUT2D eigenvalue weighted by atomic mass is 10.0. The van der Waals surface area contributed by atoms with Crippen LogP contribution in [0.1, 0.15) is 335 Å². The van der Waals surface area contributed by atoms with Crippen LogP contribution in [0.2, 0.25) is 0 Å². The molecule has 6 heteroatoms. The molecule has 0 bridgehead atoms. The van der Waals surface area contributed by atoms with Crippen LogP contribution in [0.5, 0.6) is 0 Å². The van der Waals surface area contributed by atoms with Crippen molar-refractivity contribution in [2.45, 2.75) is 347 Å². The molecule has 0 heterocycles. The molecule has 2 unspecified atom stereocenters. The van der Waals surface area contributed by atoms with E-state index in [2.05, 4.69) is 43.5 Å². The molecular formula is C62H119NO5. The first-order valence-electron chi connectivity index (χ1n) is 30.6. The summed E-state index contributed by atoms with van der Waals surface area (Å²) >= 11 is 0. The molecule has 0 aliphatic carbocycles. The lowest BCUT2D eigenvalue weighted by molar-refractivity contribution is -0.143. The van der Waals surface area contributed by atoms with Crippen LogP contribution < -0.4 is 5.32 Å². The van der Waals surface area contributed by atoms with Crippen molar-refractivity contribution in [3.63, 3.8) is 0 Å². The van der Waals surface area contributed by atoms with Gasteiger partial charge in [-0.1, -0.05) is 289 Å². The minimum Gasteiger partial charge on any atom is -0.466 e. The van der Waals surface area contributed by atoms with Crippen molar-refractivity contribution in [3.8, 4) is 0 Å². The number of nitrogens with one attached hydrogen (secondary N) is 1. The van der Waals surface area contributed by atoms with E-state index in [0.717, 1.165) is 44.9 Å². The van der Waals surface area contributed by atoms with Gasteiger partial charge in [-0.05, 0) is 57.8 Å². The quantitative estimate of drug-likeness (QED) is 0.0321. The number of aliphatic hydroxyl groups excluding tert-OH is 2. The van der Waals surface area contributed by atoms with Gasteiger partial charge in [0.25, 0.3) is 0 Å². The fraction of sp³-hybridized carbons (Fsp3) is 0.903. The maximum Gasteiger partial charge on any atom is 0.305 e. The molecule has 0 radical (unpaired) electrons. The Morgan fingerprint density at radius 3 is 1.12 bits per heavy atom. The number of hydrogen-bond acceptors (Lipinski definition) is 5. The molecule has 6 nitrogen and oxygen atoms in total. The van der Waals surface area contributed by atoms with Gasteiger partial charge in [-0.2, -0.15) is 0 Å². The van der Waals surface area contributed by atoms with Gasteiger partial charge in [0.05, 0.1) is 25.4 Å². The number of esters is 1. The molecule has 0 aliphatic rings. The smallest absolute Gasteiger partial charge is 0.305 e. The van der Waals surface area contributed by atoms with E-state index in [1.165, 1.54) is 257 Å². The highest BCUT2D eigenvalue weighted by molar-refractivity contribution is 5.76. The van der Waals surface area contributed by atoms with Gasteiger partial charge in [0.1, 0.15) is 0 Å². The zero-order chi connectivity index (χ0) is 49.3. The van der Waals surface area contributed by atoms with E-state index >= 15 is 0 Å². The normalized spacial score (nSPS) is 12.7. The molecule has 0 spiro atoms. The molecule has 0 aromatic heterocycles. The van der Waals surface area contributed by atoms with E-state index in [4.69, 9.17) is 4.74 Å². The summed E-state index contributed by atoms with van der Waals surface area (Å²) < 4.78 is 5.48. The Bertz CT molecular complexity index is 1060. The summed E-state index contributed by atoms with van der Waals surface area (Å²) in [7, 11) is 0. The van der Waals surface area contributed by atoms with Crippen molar-refractivity contribution >= 4 is 11.9 Å². The van der Waals surface area contributed by atoms with Crippen molar-refractivity contribution in [3.05, 3.63) is 24.3 Å². The first-order valence-corrected chi connectivity index (χ1v) is 30.6. The van der Waals surface area contributed by atoms with Crippen molar-refractivity contribution in [2.24, 2.45) is 0 Å². The molecule has 0 rings (SSSR count). The summed E-state index contributed by atoms with van der Waals surface area (Å²) in [6, 6.07) is -0.548. The van der Waals surface area contributed by atoms with E-state index < -0.39 is 12.1 Å². The number of ether oxygens (including phenoxy) is 1. The molecule has 1 amide bonds. The number of rotatable bonds is 57. The Hall–Kier alpha value is -1.66. The van der Waals surface area contributed by atoms with Crippen molar-refractivity contribution in [2.75, 3.05) is 13.2 Å². The summed E-state index contributed by atoms with van der Waals surface area (Å²) in [5, 5.41) is 23.3. The Balaban J connectivity index is 3.43. The molecule has 0 fully saturated rings. The van der Waals surface area contributed by atoms with Crippen molar-refractivity contribution in [1.82, 2.24) is 5.32 Å². The lowest BCUT2D eigenvalue weighted by Gasteiger charge is -2.22. The number of carbonyl (C=O) groups excluding carboxylic acids is 2. The van der Waals surface area contributed by atoms with Gasteiger partial charge >= 0.3 is 5.97 Å². The lowest BCUT2D eigenvalue weighted by Crippen LogP contribution is -2.45. The van der Waals surface area contributed by atoms with Crippen LogP contribution in [0, 0.1) is 0 Å². The molecule has 0 aromatic rings. The second-order valence-corrected chi connectivity index (χ2v) is 21.0. The number of allylic oxidation sites excluding steroid dienone is 4. The van der Waals surface area contributed by atoms with E-state index in [-0.39, 0.29) is 18.5 Å². The Labute approximate surface area is 424 Å². The fourth-order valence-corrected chi connectivity index (χ4v) is 9.55. The van der Waals surface area contributed by atoms with Crippen LogP contribution in [0.4, 0.5) is 0 Å². The molecule has 0 aromatic carbocycles. The highest BCUT2D eigenvalue weighted by Crippen LogP contribution is 2.17. The third-order valence-electron chi connectivity index (χ3n) is 14.3. The van der Waals surface area contributed by atoms with E-state index in [9.17, 15) is 19.8 Å². The van der Waals surface area contributed by atoms with Crippen LogP contribution in [-0.4, -0.2) is 47.4 Å². The molecule has 402 valence electrons. The highest BCUT2D eigenvalue weighted by atomic mass is 16.5. The number of unbranched alkanes of at least 4 members (excludes halogenated alkanes) is 42. The van der Waals surface area contributed by atoms with Crippen LogP contribution in [0.3, 0.4) is 0 Å². The number of carbonyl (C=O) groups is 2. The van der Waals surface area contributed by atoms with Gasteiger partial charge in [0.2, 0.25) is 5.91 Å². The molecule has 0 aliphatic heterocycles. The number of aliphatic hydroxyl groups is 2. The predicted molar refractivity (Wildman–Crippen MR) is 296 cm³/mol. The van der Waals surface area contributed by atoms with Crippen LogP contribution in [0.25, 0.3) is 0 Å². The second kappa shape index (κ2) is 57.9. The largest absolute Gasteiger partial charge is 0.466 e. The molecule has 0 saturated heterocycles. The molecule has 68 heavy (non-hydrogen) atoms. The molecule has 3 N–H and O–H groups in total. The summed E-state index contributed by atoms with van der Waals surface area (Å²) in [4.78, 5) is 24.5. The third kappa shape index (κ3) is 53.7. The summed E-state index contributed by atoms with van der Waals surface area (Å²) in [5.41, 5.74) is 0. The zero-order valence-corrected chi connectivity index (χ0v) is 45.9. The minimum absolute atomic E-state index is 0.00960. The van der Waals surface area contributed by atoms with Gasteiger partial charge in [-0.25, -0.2) is 0 Å². The average molecular weight is 959 g/mol. The summed E-state index contributed by atoms with van der Waals surface area (Å²) in [6.45, 7) is 4.96. The SMILES string of the molecule is CCCCCCCCCCCCCCCCC(=O)OCCCCCCCCCCC/C=C\C/C=C\CCCCCCCCCC(=O)NC(CO)C(O)CCCCCCCCCCCCCCCC. The maximum absolute atomic E-state index is 12.5. The monoisotopic (exact) mass is 958 g/mol. The Morgan fingerprint density at radius 1 is 0.412 bits per heavy atom. The summed E-state index contributed by atoms with van der Waals surface area (Å²) in [5.74, 6) is -0.0345. The Morgan fingerprint density at radius 2 is 0.735 bits per heavy atom. The number of amides is 1. The van der Waals surface area contributed by atoms with Crippen molar-refractivity contribution in [1.29, 1.82) is 0 Å². The highest BCUT2D eigenvalue weighted by Gasteiger charge is 2.20.